The molecule has 1 amide bonds. The minimum Gasteiger partial charge on any atom is -0.317 e. The first-order chi connectivity index (χ1) is 9.24. The van der Waals surface area contributed by atoms with Gasteiger partial charge in [-0.25, -0.2) is 0 Å². The maximum atomic E-state index is 12.4. The Morgan fingerprint density at radius 2 is 2.16 bits per heavy atom. The van der Waals surface area contributed by atoms with Gasteiger partial charge in [-0.2, -0.15) is 0 Å². The lowest BCUT2D eigenvalue weighted by Gasteiger charge is -2.25. The van der Waals surface area contributed by atoms with Crippen LogP contribution in [0.1, 0.15) is 24.8 Å². The summed E-state index contributed by atoms with van der Waals surface area (Å²) < 4.78 is 0. The second-order valence-electron chi connectivity index (χ2n) is 5.47. The van der Waals surface area contributed by atoms with Gasteiger partial charge in [0.15, 0.2) is 0 Å². The Kier molecular flexibility index (Phi) is 3.76. The third-order valence-electron chi connectivity index (χ3n) is 4.16. The zero-order valence-electron chi connectivity index (χ0n) is 11.0. The molecule has 0 saturated carbocycles. The second kappa shape index (κ2) is 5.51. The van der Waals surface area contributed by atoms with Gasteiger partial charge < -0.3 is 10.2 Å². The summed E-state index contributed by atoms with van der Waals surface area (Å²) in [5, 5.41) is 4.10. The number of nitrogens with zero attached hydrogens (tertiary/aromatic N) is 1. The van der Waals surface area contributed by atoms with E-state index in [1.807, 2.05) is 23.1 Å². The fraction of sp³-hybridized carbons (Fsp3) is 0.533. The summed E-state index contributed by atoms with van der Waals surface area (Å²) in [5.74, 6) is 0.818. The van der Waals surface area contributed by atoms with Crippen LogP contribution in [0.3, 0.4) is 0 Å². The van der Waals surface area contributed by atoms with E-state index >= 15 is 0 Å². The summed E-state index contributed by atoms with van der Waals surface area (Å²) >= 11 is 6.00. The fourth-order valence-corrected chi connectivity index (χ4v) is 3.27. The van der Waals surface area contributed by atoms with Gasteiger partial charge in [0.05, 0.1) is 0 Å². The number of hydrogen-bond donors (Lipinski definition) is 1. The lowest BCUT2D eigenvalue weighted by Crippen LogP contribution is -2.34. The smallest absolute Gasteiger partial charge is 0.227 e. The number of rotatable bonds is 2. The standard InChI is InChI=1S/C15H19ClN2O/c16-13-1-2-14-12(10-13)5-8-18(14)15(19)9-11-3-6-17-7-4-11/h1-2,10-11,17H,3-9H2. The Balaban J connectivity index is 1.69. The van der Waals surface area contributed by atoms with Crippen LogP contribution in [0.15, 0.2) is 18.2 Å². The highest BCUT2D eigenvalue weighted by atomic mass is 35.5. The first kappa shape index (κ1) is 12.9. The molecule has 0 radical (unpaired) electrons. The lowest BCUT2D eigenvalue weighted by atomic mass is 9.94. The van der Waals surface area contributed by atoms with Crippen molar-refractivity contribution < 1.29 is 4.79 Å². The SMILES string of the molecule is O=C(CC1CCNCC1)N1CCc2cc(Cl)ccc21. The van der Waals surface area contributed by atoms with Gasteiger partial charge in [0.2, 0.25) is 5.91 Å². The number of nitrogens with one attached hydrogen (secondary N) is 1. The van der Waals surface area contributed by atoms with Gasteiger partial charge in [-0.05, 0) is 62.0 Å². The summed E-state index contributed by atoms with van der Waals surface area (Å²) in [6.45, 7) is 2.90. The average Bonchev–Trinajstić information content (AvgIpc) is 2.82. The highest BCUT2D eigenvalue weighted by molar-refractivity contribution is 6.30. The van der Waals surface area contributed by atoms with E-state index < -0.39 is 0 Å². The summed E-state index contributed by atoms with van der Waals surface area (Å²) in [5.41, 5.74) is 2.26. The van der Waals surface area contributed by atoms with E-state index in [-0.39, 0.29) is 5.91 Å². The van der Waals surface area contributed by atoms with Crippen molar-refractivity contribution in [1.29, 1.82) is 0 Å². The van der Waals surface area contributed by atoms with Crippen LogP contribution in [-0.2, 0) is 11.2 Å². The highest BCUT2D eigenvalue weighted by Gasteiger charge is 2.27. The van der Waals surface area contributed by atoms with Gasteiger partial charge in [0, 0.05) is 23.7 Å². The molecule has 1 saturated heterocycles. The van der Waals surface area contributed by atoms with E-state index in [0.717, 1.165) is 49.6 Å². The zero-order valence-corrected chi connectivity index (χ0v) is 11.7. The van der Waals surface area contributed by atoms with E-state index in [9.17, 15) is 4.79 Å². The molecular weight excluding hydrogens is 260 g/mol. The fourth-order valence-electron chi connectivity index (χ4n) is 3.07. The molecule has 3 rings (SSSR count). The molecule has 2 aliphatic rings. The molecule has 0 unspecified atom stereocenters. The van der Waals surface area contributed by atoms with Crippen LogP contribution in [0, 0.1) is 5.92 Å². The predicted molar refractivity (Wildman–Crippen MR) is 77.7 cm³/mol. The van der Waals surface area contributed by atoms with Crippen molar-refractivity contribution in [2.24, 2.45) is 5.92 Å². The van der Waals surface area contributed by atoms with Gasteiger partial charge in [0.1, 0.15) is 0 Å². The van der Waals surface area contributed by atoms with Gasteiger partial charge in [-0.1, -0.05) is 11.6 Å². The molecular formula is C15H19ClN2O. The minimum absolute atomic E-state index is 0.271. The Hall–Kier alpha value is -1.06. The number of hydrogen-bond acceptors (Lipinski definition) is 2. The van der Waals surface area contributed by atoms with Crippen LogP contribution in [0.4, 0.5) is 5.69 Å². The maximum Gasteiger partial charge on any atom is 0.227 e. The monoisotopic (exact) mass is 278 g/mol. The summed E-state index contributed by atoms with van der Waals surface area (Å²) in [4.78, 5) is 14.4. The Labute approximate surface area is 118 Å². The predicted octanol–water partition coefficient (Wildman–Crippen LogP) is 2.62. The molecule has 19 heavy (non-hydrogen) atoms. The first-order valence-electron chi connectivity index (χ1n) is 7.03. The van der Waals surface area contributed by atoms with E-state index in [2.05, 4.69) is 5.32 Å². The summed E-state index contributed by atoms with van der Waals surface area (Å²) in [6.07, 6.45) is 3.84. The van der Waals surface area contributed by atoms with Crippen LogP contribution in [-0.4, -0.2) is 25.5 Å². The van der Waals surface area contributed by atoms with E-state index in [1.54, 1.807) is 0 Å². The van der Waals surface area contributed by atoms with Gasteiger partial charge in [-0.3, -0.25) is 4.79 Å². The maximum absolute atomic E-state index is 12.4. The van der Waals surface area contributed by atoms with Gasteiger partial charge >= 0.3 is 0 Å². The molecule has 1 fully saturated rings. The molecule has 4 heteroatoms. The van der Waals surface area contributed by atoms with E-state index in [0.29, 0.717) is 12.3 Å². The van der Waals surface area contributed by atoms with Crippen LogP contribution in [0.5, 0.6) is 0 Å². The van der Waals surface area contributed by atoms with Gasteiger partial charge in [-0.15, -0.1) is 0 Å². The number of carbonyl (C=O) groups is 1. The third kappa shape index (κ3) is 2.77. The van der Waals surface area contributed by atoms with Crippen molar-refractivity contribution in [3.8, 4) is 0 Å². The number of fused-ring (bicyclic) bond motifs is 1. The summed E-state index contributed by atoms with van der Waals surface area (Å²) in [7, 11) is 0. The summed E-state index contributed by atoms with van der Waals surface area (Å²) in [6, 6.07) is 5.83. The molecule has 102 valence electrons. The number of anilines is 1. The topological polar surface area (TPSA) is 32.3 Å². The van der Waals surface area contributed by atoms with Crippen LogP contribution < -0.4 is 10.2 Å². The normalized spacial score (nSPS) is 19.5. The van der Waals surface area contributed by atoms with Crippen molar-refractivity contribution in [3.63, 3.8) is 0 Å². The lowest BCUT2D eigenvalue weighted by molar-refractivity contribution is -0.119. The first-order valence-corrected chi connectivity index (χ1v) is 7.41. The van der Waals surface area contributed by atoms with Crippen molar-refractivity contribution in [2.45, 2.75) is 25.7 Å². The van der Waals surface area contributed by atoms with Crippen molar-refractivity contribution in [1.82, 2.24) is 5.32 Å². The molecule has 3 nitrogen and oxygen atoms in total. The average molecular weight is 279 g/mol. The molecule has 1 aromatic rings. The van der Waals surface area contributed by atoms with Crippen LogP contribution in [0.25, 0.3) is 0 Å². The zero-order chi connectivity index (χ0) is 13.2. The largest absolute Gasteiger partial charge is 0.317 e. The van der Waals surface area contributed by atoms with Crippen molar-refractivity contribution >= 4 is 23.2 Å². The Morgan fingerprint density at radius 1 is 1.37 bits per heavy atom. The van der Waals surface area contributed by atoms with Crippen LogP contribution in [0.2, 0.25) is 5.02 Å². The van der Waals surface area contributed by atoms with Crippen molar-refractivity contribution in [3.05, 3.63) is 28.8 Å². The van der Waals surface area contributed by atoms with Gasteiger partial charge in [0.25, 0.3) is 0 Å². The highest BCUT2D eigenvalue weighted by Crippen LogP contribution is 2.31. The van der Waals surface area contributed by atoms with Crippen LogP contribution >= 0.6 is 11.6 Å². The number of halogens is 1. The number of amides is 1. The van der Waals surface area contributed by atoms with E-state index in [4.69, 9.17) is 11.6 Å². The Morgan fingerprint density at radius 3 is 2.95 bits per heavy atom. The molecule has 0 atom stereocenters. The molecule has 2 aliphatic heterocycles. The minimum atomic E-state index is 0.271. The molecule has 2 heterocycles. The number of piperidine rings is 1. The Bertz CT molecular complexity index is 483. The molecule has 1 N–H and O–H groups in total. The van der Waals surface area contributed by atoms with Crippen molar-refractivity contribution in [2.75, 3.05) is 24.5 Å². The quantitative estimate of drug-likeness (QED) is 0.902. The second-order valence-corrected chi connectivity index (χ2v) is 5.90. The number of carbonyl (C=O) groups excluding carboxylic acids is 1. The molecule has 0 spiro atoms. The number of benzene rings is 1. The molecule has 1 aromatic carbocycles. The molecule has 0 bridgehead atoms. The molecule has 0 aromatic heterocycles. The molecule has 0 aliphatic carbocycles. The van der Waals surface area contributed by atoms with E-state index in [1.165, 1.54) is 5.56 Å². The third-order valence-corrected chi connectivity index (χ3v) is 4.40.